The topological polar surface area (TPSA) is 58.1 Å². The molecular weight excluding hydrogens is 503 g/mol. The van der Waals surface area contributed by atoms with Crippen molar-refractivity contribution in [3.63, 3.8) is 0 Å². The first-order valence-electron chi connectivity index (χ1n) is 10.7. The zero-order valence-corrected chi connectivity index (χ0v) is 21.1. The molecule has 170 valence electrons. The summed E-state index contributed by atoms with van der Waals surface area (Å²) in [6.45, 7) is 6.69. The minimum atomic E-state index is 0. The van der Waals surface area contributed by atoms with Crippen LogP contribution >= 0.6 is 24.0 Å². The fraction of sp³-hybridized carbons (Fsp3) is 0.458. The van der Waals surface area contributed by atoms with Crippen LogP contribution in [0.2, 0.25) is 0 Å². The lowest BCUT2D eigenvalue weighted by atomic mass is 10.0. The number of guanidine groups is 1. The van der Waals surface area contributed by atoms with Gasteiger partial charge in [-0.05, 0) is 37.5 Å². The van der Waals surface area contributed by atoms with E-state index >= 15 is 0 Å². The third-order valence-electron chi connectivity index (χ3n) is 5.42. The predicted octanol–water partition coefficient (Wildman–Crippen LogP) is 4.04. The molecule has 31 heavy (non-hydrogen) atoms. The van der Waals surface area contributed by atoms with Gasteiger partial charge >= 0.3 is 0 Å². The first-order valence-corrected chi connectivity index (χ1v) is 10.7. The van der Waals surface area contributed by atoms with Gasteiger partial charge < -0.3 is 20.1 Å². The highest BCUT2D eigenvalue weighted by Gasteiger charge is 2.20. The summed E-state index contributed by atoms with van der Waals surface area (Å²) in [7, 11) is 3.33. The van der Waals surface area contributed by atoms with Crippen LogP contribution in [-0.2, 0) is 13.1 Å². The van der Waals surface area contributed by atoms with Crippen molar-refractivity contribution in [2.24, 2.45) is 4.99 Å². The third-order valence-corrected chi connectivity index (χ3v) is 5.42. The fourth-order valence-electron chi connectivity index (χ4n) is 3.74. The van der Waals surface area contributed by atoms with Crippen LogP contribution in [0.3, 0.4) is 0 Å². The molecule has 0 bridgehead atoms. The highest BCUT2D eigenvalue weighted by Crippen LogP contribution is 2.25. The van der Waals surface area contributed by atoms with Crippen molar-refractivity contribution in [3.8, 4) is 11.5 Å². The van der Waals surface area contributed by atoms with Crippen LogP contribution in [0, 0.1) is 0 Å². The molecule has 0 saturated carbocycles. The molecule has 1 heterocycles. The smallest absolute Gasteiger partial charge is 0.191 e. The summed E-state index contributed by atoms with van der Waals surface area (Å²) in [5.74, 6) is 2.44. The number of nitrogens with one attached hydrogen (secondary N) is 2. The van der Waals surface area contributed by atoms with Gasteiger partial charge in [-0.3, -0.25) is 4.90 Å². The largest absolute Gasteiger partial charge is 0.497 e. The Morgan fingerprint density at radius 3 is 2.45 bits per heavy atom. The summed E-state index contributed by atoms with van der Waals surface area (Å²) in [6, 6.07) is 17.0. The van der Waals surface area contributed by atoms with E-state index in [4.69, 9.17) is 14.5 Å². The average Bonchev–Trinajstić information content (AvgIpc) is 2.79. The number of piperidine rings is 1. The van der Waals surface area contributed by atoms with E-state index in [-0.39, 0.29) is 24.0 Å². The molecule has 6 nitrogen and oxygen atoms in total. The van der Waals surface area contributed by atoms with Gasteiger partial charge in [0, 0.05) is 43.9 Å². The highest BCUT2D eigenvalue weighted by molar-refractivity contribution is 14.0. The minimum absolute atomic E-state index is 0. The third kappa shape index (κ3) is 7.88. The van der Waals surface area contributed by atoms with Crippen LogP contribution in [-0.4, -0.2) is 50.8 Å². The number of benzene rings is 2. The number of halogens is 1. The number of hydrogen-bond donors (Lipinski definition) is 2. The molecule has 0 aromatic heterocycles. The Balaban J connectivity index is 0.00000341. The van der Waals surface area contributed by atoms with Crippen LogP contribution in [0.1, 0.15) is 30.9 Å². The van der Waals surface area contributed by atoms with Gasteiger partial charge in [-0.25, -0.2) is 4.99 Å². The van der Waals surface area contributed by atoms with Crippen LogP contribution in [0.25, 0.3) is 0 Å². The summed E-state index contributed by atoms with van der Waals surface area (Å²) >= 11 is 0. The predicted molar refractivity (Wildman–Crippen MR) is 138 cm³/mol. The van der Waals surface area contributed by atoms with Crippen molar-refractivity contribution in [3.05, 3.63) is 59.7 Å². The second-order valence-electron chi connectivity index (χ2n) is 7.55. The molecule has 2 N–H and O–H groups in total. The molecule has 0 atom stereocenters. The maximum absolute atomic E-state index is 5.50. The zero-order valence-electron chi connectivity index (χ0n) is 18.8. The van der Waals surface area contributed by atoms with E-state index < -0.39 is 0 Å². The Morgan fingerprint density at radius 1 is 1.06 bits per heavy atom. The van der Waals surface area contributed by atoms with E-state index in [0.29, 0.717) is 12.6 Å². The van der Waals surface area contributed by atoms with Crippen molar-refractivity contribution >= 4 is 29.9 Å². The number of hydrogen-bond acceptors (Lipinski definition) is 4. The SMILES string of the molecule is CCNC(=NCc1ccc(OC)cc1OC)NC1CCN(Cc2ccccc2)CC1.I. The van der Waals surface area contributed by atoms with E-state index in [1.165, 1.54) is 5.56 Å². The normalized spacial score (nSPS) is 15.1. The second kappa shape index (κ2) is 13.4. The standard InChI is InChI=1S/C24H34N4O2.HI/c1-4-25-24(26-17-20-10-11-22(29-2)16-23(20)30-3)27-21-12-14-28(15-13-21)18-19-8-6-5-7-9-19;/h5-11,16,21H,4,12-15,17-18H2,1-3H3,(H2,25,26,27);1H. The van der Waals surface area contributed by atoms with Gasteiger partial charge in [0.1, 0.15) is 11.5 Å². The maximum atomic E-state index is 5.50. The van der Waals surface area contributed by atoms with Crippen molar-refractivity contribution in [2.75, 3.05) is 33.9 Å². The zero-order chi connectivity index (χ0) is 21.2. The molecule has 1 saturated heterocycles. The van der Waals surface area contributed by atoms with Gasteiger partial charge in [0.05, 0.1) is 20.8 Å². The van der Waals surface area contributed by atoms with Gasteiger partial charge in [-0.2, -0.15) is 0 Å². The van der Waals surface area contributed by atoms with E-state index in [1.54, 1.807) is 14.2 Å². The number of ether oxygens (including phenoxy) is 2. The lowest BCUT2D eigenvalue weighted by Crippen LogP contribution is -2.48. The molecular formula is C24H35IN4O2. The van der Waals surface area contributed by atoms with E-state index in [1.807, 2.05) is 18.2 Å². The lowest BCUT2D eigenvalue weighted by Gasteiger charge is -2.33. The molecule has 2 aromatic carbocycles. The molecule has 2 aromatic rings. The van der Waals surface area contributed by atoms with Crippen LogP contribution < -0.4 is 20.1 Å². The Bertz CT molecular complexity index is 808. The number of likely N-dealkylation sites (tertiary alicyclic amines) is 1. The molecule has 1 aliphatic rings. The van der Waals surface area contributed by atoms with Crippen molar-refractivity contribution < 1.29 is 9.47 Å². The maximum Gasteiger partial charge on any atom is 0.191 e. The van der Waals surface area contributed by atoms with E-state index in [2.05, 4.69) is 52.8 Å². The molecule has 0 spiro atoms. The van der Waals surface area contributed by atoms with Gasteiger partial charge in [-0.15, -0.1) is 24.0 Å². The summed E-state index contributed by atoms with van der Waals surface area (Å²) in [4.78, 5) is 7.32. The Morgan fingerprint density at radius 2 is 1.81 bits per heavy atom. The molecule has 0 aliphatic carbocycles. The monoisotopic (exact) mass is 538 g/mol. The summed E-state index contributed by atoms with van der Waals surface area (Å²) in [5.41, 5.74) is 2.42. The molecule has 1 aliphatic heterocycles. The van der Waals surface area contributed by atoms with Gasteiger partial charge in [0.15, 0.2) is 5.96 Å². The van der Waals surface area contributed by atoms with Crippen LogP contribution in [0.15, 0.2) is 53.5 Å². The molecule has 3 rings (SSSR count). The Hall–Kier alpha value is -2.00. The van der Waals surface area contributed by atoms with Gasteiger partial charge in [0.25, 0.3) is 0 Å². The number of nitrogens with zero attached hydrogens (tertiary/aromatic N) is 2. The van der Waals surface area contributed by atoms with E-state index in [0.717, 1.165) is 62.0 Å². The fourth-order valence-corrected chi connectivity index (χ4v) is 3.74. The number of rotatable bonds is 8. The Labute approximate surface area is 203 Å². The second-order valence-corrected chi connectivity index (χ2v) is 7.55. The molecule has 1 fully saturated rings. The van der Waals surface area contributed by atoms with Crippen molar-refractivity contribution in [1.82, 2.24) is 15.5 Å². The minimum Gasteiger partial charge on any atom is -0.497 e. The van der Waals surface area contributed by atoms with Crippen LogP contribution in [0.4, 0.5) is 0 Å². The molecule has 0 amide bonds. The van der Waals surface area contributed by atoms with E-state index in [9.17, 15) is 0 Å². The molecule has 0 unspecified atom stereocenters. The quantitative estimate of drug-likeness (QED) is 0.302. The summed E-state index contributed by atoms with van der Waals surface area (Å²) in [6.07, 6.45) is 2.23. The first kappa shape index (κ1) is 25.3. The number of aliphatic imine (C=N–C) groups is 1. The molecule has 7 heteroatoms. The van der Waals surface area contributed by atoms with Crippen LogP contribution in [0.5, 0.6) is 11.5 Å². The summed E-state index contributed by atoms with van der Waals surface area (Å²) in [5, 5.41) is 6.99. The highest BCUT2D eigenvalue weighted by atomic mass is 127. The van der Waals surface area contributed by atoms with Gasteiger partial charge in [0.2, 0.25) is 0 Å². The lowest BCUT2D eigenvalue weighted by molar-refractivity contribution is 0.198. The van der Waals surface area contributed by atoms with Gasteiger partial charge in [-0.1, -0.05) is 30.3 Å². The Kier molecular flexibility index (Phi) is 10.9. The summed E-state index contributed by atoms with van der Waals surface area (Å²) < 4.78 is 10.8. The number of methoxy groups -OCH3 is 2. The van der Waals surface area contributed by atoms with Crippen molar-refractivity contribution in [2.45, 2.75) is 38.9 Å². The van der Waals surface area contributed by atoms with Crippen molar-refractivity contribution in [1.29, 1.82) is 0 Å². The first-order chi connectivity index (χ1) is 14.7. The molecule has 0 radical (unpaired) electrons. The average molecular weight is 538 g/mol.